The molecule has 0 aliphatic carbocycles. The maximum absolute atomic E-state index is 6.31. The highest BCUT2D eigenvalue weighted by Crippen LogP contribution is 2.32. The van der Waals surface area contributed by atoms with Crippen molar-refractivity contribution in [1.82, 2.24) is 0 Å². The van der Waals surface area contributed by atoms with Crippen LogP contribution in [0.5, 0.6) is 0 Å². The van der Waals surface area contributed by atoms with Crippen molar-refractivity contribution >= 4 is 28.9 Å². The summed E-state index contributed by atoms with van der Waals surface area (Å²) in [4.78, 5) is 2.08. The third kappa shape index (κ3) is 3.91. The molecule has 0 heterocycles. The Labute approximate surface area is 136 Å². The molecule has 21 heavy (non-hydrogen) atoms. The van der Waals surface area contributed by atoms with Crippen LogP contribution in [0, 0.1) is 0 Å². The van der Waals surface area contributed by atoms with Crippen molar-refractivity contribution in [1.29, 1.82) is 0 Å². The number of rotatable bonds is 5. The topological polar surface area (TPSA) is 29.3 Å². The van der Waals surface area contributed by atoms with Gasteiger partial charge in [-0.3, -0.25) is 0 Å². The van der Waals surface area contributed by atoms with Crippen LogP contribution < -0.4 is 10.6 Å². The second-order valence-corrected chi connectivity index (χ2v) is 6.13. The van der Waals surface area contributed by atoms with E-state index in [1.54, 1.807) is 6.07 Å². The number of anilines is 1. The monoisotopic (exact) mass is 322 g/mol. The maximum Gasteiger partial charge on any atom is 0.0627 e. The van der Waals surface area contributed by atoms with Crippen LogP contribution in [-0.2, 0) is 6.42 Å². The van der Waals surface area contributed by atoms with Crippen LogP contribution in [-0.4, -0.2) is 20.6 Å². The van der Waals surface area contributed by atoms with Crippen molar-refractivity contribution in [2.24, 2.45) is 5.73 Å². The number of halogens is 2. The van der Waals surface area contributed by atoms with Gasteiger partial charge in [-0.15, -0.1) is 0 Å². The molecule has 2 nitrogen and oxygen atoms in total. The normalized spacial score (nSPS) is 12.2. The quantitative estimate of drug-likeness (QED) is 0.887. The molecule has 0 radical (unpaired) electrons. The molecule has 0 fully saturated rings. The van der Waals surface area contributed by atoms with E-state index in [0.717, 1.165) is 12.0 Å². The SMILES string of the molecule is CN(C)c1ccc(CC(CN)c2cccc(Cl)c2Cl)cc1. The third-order valence-corrected chi connectivity index (χ3v) is 4.47. The fourth-order valence-corrected chi connectivity index (χ4v) is 2.83. The summed E-state index contributed by atoms with van der Waals surface area (Å²) in [5.74, 6) is 0.168. The van der Waals surface area contributed by atoms with Gasteiger partial charge in [0.05, 0.1) is 10.0 Å². The van der Waals surface area contributed by atoms with Crippen LogP contribution in [0.25, 0.3) is 0 Å². The Bertz CT molecular complexity index is 594. The second kappa shape index (κ2) is 7.17. The van der Waals surface area contributed by atoms with Crippen LogP contribution in [0.15, 0.2) is 42.5 Å². The minimum atomic E-state index is 0.168. The summed E-state index contributed by atoms with van der Waals surface area (Å²) in [7, 11) is 4.06. The molecule has 2 aromatic carbocycles. The van der Waals surface area contributed by atoms with E-state index in [-0.39, 0.29) is 5.92 Å². The average molecular weight is 323 g/mol. The third-order valence-electron chi connectivity index (χ3n) is 3.64. The van der Waals surface area contributed by atoms with Crippen LogP contribution >= 0.6 is 23.2 Å². The molecule has 0 aliphatic rings. The fraction of sp³-hybridized carbons (Fsp3) is 0.294. The van der Waals surface area contributed by atoms with Gasteiger partial charge >= 0.3 is 0 Å². The summed E-state index contributed by atoms with van der Waals surface area (Å²) in [5.41, 5.74) is 9.38. The smallest absolute Gasteiger partial charge is 0.0627 e. The van der Waals surface area contributed by atoms with Crippen LogP contribution in [0.3, 0.4) is 0 Å². The van der Waals surface area contributed by atoms with Gasteiger partial charge in [0.2, 0.25) is 0 Å². The van der Waals surface area contributed by atoms with Crippen molar-refractivity contribution < 1.29 is 0 Å². The Balaban J connectivity index is 2.21. The minimum absolute atomic E-state index is 0.168. The molecule has 0 amide bonds. The lowest BCUT2D eigenvalue weighted by Gasteiger charge is -2.18. The summed E-state index contributed by atoms with van der Waals surface area (Å²) in [5, 5.41) is 1.19. The molecule has 2 N–H and O–H groups in total. The summed E-state index contributed by atoms with van der Waals surface area (Å²) >= 11 is 12.4. The van der Waals surface area contributed by atoms with E-state index in [1.165, 1.54) is 11.3 Å². The average Bonchev–Trinajstić information content (AvgIpc) is 2.48. The van der Waals surface area contributed by atoms with E-state index in [2.05, 4.69) is 29.2 Å². The predicted octanol–water partition coefficient (Wildman–Crippen LogP) is 4.34. The Morgan fingerprint density at radius 3 is 2.29 bits per heavy atom. The minimum Gasteiger partial charge on any atom is -0.378 e. The van der Waals surface area contributed by atoms with Gasteiger partial charge < -0.3 is 10.6 Å². The van der Waals surface area contributed by atoms with Crippen LogP contribution in [0.2, 0.25) is 10.0 Å². The van der Waals surface area contributed by atoms with Crippen LogP contribution in [0.4, 0.5) is 5.69 Å². The Hall–Kier alpha value is -1.22. The molecular formula is C17H20Cl2N2. The highest BCUT2D eigenvalue weighted by molar-refractivity contribution is 6.42. The standard InChI is InChI=1S/C17H20Cl2N2/c1-21(2)14-8-6-12(7-9-14)10-13(11-20)15-4-3-5-16(18)17(15)19/h3-9,13H,10-11,20H2,1-2H3. The summed E-state index contributed by atoms with van der Waals surface area (Å²) in [6, 6.07) is 14.2. The summed E-state index contributed by atoms with van der Waals surface area (Å²) in [6.45, 7) is 0.537. The van der Waals surface area contributed by atoms with Gasteiger partial charge in [-0.05, 0) is 42.3 Å². The number of nitrogens with zero attached hydrogens (tertiary/aromatic N) is 1. The molecule has 0 saturated heterocycles. The van der Waals surface area contributed by atoms with Crippen molar-refractivity contribution in [2.75, 3.05) is 25.5 Å². The lowest BCUT2D eigenvalue weighted by molar-refractivity contribution is 0.694. The zero-order valence-corrected chi connectivity index (χ0v) is 13.8. The summed E-state index contributed by atoms with van der Waals surface area (Å²) in [6.07, 6.45) is 0.851. The highest BCUT2D eigenvalue weighted by atomic mass is 35.5. The van der Waals surface area contributed by atoms with Crippen molar-refractivity contribution in [3.05, 3.63) is 63.6 Å². The van der Waals surface area contributed by atoms with E-state index in [9.17, 15) is 0 Å². The lowest BCUT2D eigenvalue weighted by atomic mass is 9.92. The van der Waals surface area contributed by atoms with E-state index in [1.807, 2.05) is 26.2 Å². The van der Waals surface area contributed by atoms with Crippen molar-refractivity contribution in [2.45, 2.75) is 12.3 Å². The van der Waals surface area contributed by atoms with E-state index >= 15 is 0 Å². The molecule has 1 unspecified atom stereocenters. The molecule has 0 bridgehead atoms. The molecule has 0 aromatic heterocycles. The van der Waals surface area contributed by atoms with E-state index in [0.29, 0.717) is 16.6 Å². The first-order valence-electron chi connectivity index (χ1n) is 6.93. The van der Waals surface area contributed by atoms with E-state index < -0.39 is 0 Å². The Kier molecular flexibility index (Phi) is 5.51. The summed E-state index contributed by atoms with van der Waals surface area (Å²) < 4.78 is 0. The van der Waals surface area contributed by atoms with Crippen LogP contribution in [0.1, 0.15) is 17.0 Å². The van der Waals surface area contributed by atoms with Crippen molar-refractivity contribution in [3.8, 4) is 0 Å². The Morgan fingerprint density at radius 2 is 1.71 bits per heavy atom. The fourth-order valence-electron chi connectivity index (χ4n) is 2.37. The number of nitrogens with two attached hydrogens (primary N) is 1. The molecule has 0 aliphatic heterocycles. The van der Waals surface area contributed by atoms with Gasteiger partial charge in [0, 0.05) is 25.7 Å². The second-order valence-electron chi connectivity index (χ2n) is 5.34. The predicted molar refractivity (Wildman–Crippen MR) is 92.7 cm³/mol. The van der Waals surface area contributed by atoms with Gasteiger partial charge in [0.25, 0.3) is 0 Å². The van der Waals surface area contributed by atoms with Gasteiger partial charge in [0.1, 0.15) is 0 Å². The van der Waals surface area contributed by atoms with Gasteiger partial charge in [-0.25, -0.2) is 0 Å². The number of hydrogen-bond acceptors (Lipinski definition) is 2. The molecule has 2 rings (SSSR count). The maximum atomic E-state index is 6.31. The van der Waals surface area contributed by atoms with Crippen molar-refractivity contribution in [3.63, 3.8) is 0 Å². The van der Waals surface area contributed by atoms with Gasteiger partial charge in [-0.2, -0.15) is 0 Å². The molecular weight excluding hydrogens is 303 g/mol. The number of benzene rings is 2. The zero-order valence-electron chi connectivity index (χ0n) is 12.3. The first-order chi connectivity index (χ1) is 10.0. The Morgan fingerprint density at radius 1 is 1.05 bits per heavy atom. The molecule has 112 valence electrons. The van der Waals surface area contributed by atoms with E-state index in [4.69, 9.17) is 28.9 Å². The van der Waals surface area contributed by atoms with Gasteiger partial charge in [-0.1, -0.05) is 47.5 Å². The molecule has 4 heteroatoms. The molecule has 0 saturated carbocycles. The largest absolute Gasteiger partial charge is 0.378 e. The lowest BCUT2D eigenvalue weighted by Crippen LogP contribution is -2.15. The highest BCUT2D eigenvalue weighted by Gasteiger charge is 2.15. The zero-order chi connectivity index (χ0) is 15.4. The molecule has 2 aromatic rings. The number of hydrogen-bond donors (Lipinski definition) is 1. The molecule has 0 spiro atoms. The first kappa shape index (κ1) is 16.2. The first-order valence-corrected chi connectivity index (χ1v) is 7.68. The van der Waals surface area contributed by atoms with Gasteiger partial charge in [0.15, 0.2) is 0 Å². The molecule has 1 atom stereocenters.